The number of benzene rings is 2. The summed E-state index contributed by atoms with van der Waals surface area (Å²) in [5, 5.41) is 5.79. The summed E-state index contributed by atoms with van der Waals surface area (Å²) in [4.78, 5) is 16.2. The van der Waals surface area contributed by atoms with Crippen LogP contribution in [-0.4, -0.2) is 39.2 Å². The van der Waals surface area contributed by atoms with Crippen molar-refractivity contribution in [1.29, 1.82) is 0 Å². The van der Waals surface area contributed by atoms with Crippen molar-refractivity contribution in [1.82, 2.24) is 5.32 Å². The lowest BCUT2D eigenvalue weighted by Gasteiger charge is -2.11. The van der Waals surface area contributed by atoms with Gasteiger partial charge in [-0.05, 0) is 31.2 Å². The van der Waals surface area contributed by atoms with Crippen molar-refractivity contribution in [3.8, 4) is 11.5 Å². The van der Waals surface area contributed by atoms with Gasteiger partial charge in [-0.1, -0.05) is 17.7 Å². The first-order valence-electron chi connectivity index (χ1n) is 8.17. The van der Waals surface area contributed by atoms with Crippen LogP contribution >= 0.6 is 0 Å². The van der Waals surface area contributed by atoms with Gasteiger partial charge in [0.15, 0.2) is 17.5 Å². The molecule has 2 aromatic carbocycles. The fourth-order valence-corrected chi connectivity index (χ4v) is 2.34. The van der Waals surface area contributed by atoms with E-state index in [1.165, 1.54) is 0 Å². The molecular formula is C19H24N4O3. The monoisotopic (exact) mass is 356 g/mol. The Hall–Kier alpha value is -3.22. The van der Waals surface area contributed by atoms with E-state index in [2.05, 4.69) is 15.6 Å². The number of nitrogens with two attached hydrogens (primary N) is 1. The van der Waals surface area contributed by atoms with Gasteiger partial charge in [-0.15, -0.1) is 0 Å². The molecule has 138 valence electrons. The minimum Gasteiger partial charge on any atom is -0.493 e. The van der Waals surface area contributed by atoms with E-state index in [1.54, 1.807) is 32.4 Å². The number of carbonyl (C=O) groups excluding carboxylic acids is 1. The number of aryl methyl sites for hydroxylation is 1. The molecule has 0 spiro atoms. The molecule has 0 aromatic heterocycles. The third-order valence-corrected chi connectivity index (χ3v) is 3.62. The predicted molar refractivity (Wildman–Crippen MR) is 103 cm³/mol. The first kappa shape index (κ1) is 19.1. The van der Waals surface area contributed by atoms with Crippen LogP contribution in [0.15, 0.2) is 47.5 Å². The third-order valence-electron chi connectivity index (χ3n) is 3.62. The standard InChI is InChI=1S/C19H24N4O3/c1-13-5-4-6-14(11-13)18(24)21-9-10-22-19(20)23-15-7-8-16(25-2)17(12-15)26-3/h4-8,11-12H,9-10H2,1-3H3,(H,21,24)(H3,20,22,23). The summed E-state index contributed by atoms with van der Waals surface area (Å²) in [7, 11) is 3.14. The number of ether oxygens (including phenoxy) is 2. The van der Waals surface area contributed by atoms with Crippen molar-refractivity contribution in [2.24, 2.45) is 10.7 Å². The fourth-order valence-electron chi connectivity index (χ4n) is 2.34. The lowest BCUT2D eigenvalue weighted by Crippen LogP contribution is -2.28. The summed E-state index contributed by atoms with van der Waals surface area (Å²) in [6, 6.07) is 12.8. The van der Waals surface area contributed by atoms with Gasteiger partial charge in [0.05, 0.1) is 20.8 Å². The zero-order chi connectivity index (χ0) is 18.9. The third kappa shape index (κ3) is 5.41. The van der Waals surface area contributed by atoms with Gasteiger partial charge < -0.3 is 25.8 Å². The first-order chi connectivity index (χ1) is 12.5. The number of methoxy groups -OCH3 is 2. The van der Waals surface area contributed by atoms with E-state index in [-0.39, 0.29) is 11.9 Å². The molecule has 2 rings (SSSR count). The molecule has 26 heavy (non-hydrogen) atoms. The number of nitrogens with zero attached hydrogens (tertiary/aromatic N) is 1. The van der Waals surface area contributed by atoms with Crippen molar-refractivity contribution in [2.75, 3.05) is 32.6 Å². The van der Waals surface area contributed by atoms with Crippen LogP contribution in [0.3, 0.4) is 0 Å². The average molecular weight is 356 g/mol. The summed E-state index contributed by atoms with van der Waals surface area (Å²) in [5.41, 5.74) is 8.27. The number of aliphatic imine (C=N–C) groups is 1. The van der Waals surface area contributed by atoms with Crippen molar-refractivity contribution >= 4 is 17.6 Å². The summed E-state index contributed by atoms with van der Waals surface area (Å²) >= 11 is 0. The van der Waals surface area contributed by atoms with Crippen molar-refractivity contribution in [3.63, 3.8) is 0 Å². The number of nitrogens with one attached hydrogen (secondary N) is 2. The van der Waals surface area contributed by atoms with Gasteiger partial charge in [-0.3, -0.25) is 9.79 Å². The van der Waals surface area contributed by atoms with Gasteiger partial charge in [0, 0.05) is 23.9 Å². The van der Waals surface area contributed by atoms with Crippen LogP contribution in [0.5, 0.6) is 11.5 Å². The molecule has 0 aliphatic rings. The maximum absolute atomic E-state index is 12.0. The molecule has 0 heterocycles. The van der Waals surface area contributed by atoms with Gasteiger partial charge in [0.25, 0.3) is 5.91 Å². The second kappa shape index (κ2) is 9.31. The first-order valence-corrected chi connectivity index (χ1v) is 8.17. The van der Waals surface area contributed by atoms with Gasteiger partial charge in [-0.25, -0.2) is 0 Å². The van der Waals surface area contributed by atoms with E-state index in [1.807, 2.05) is 31.2 Å². The lowest BCUT2D eigenvalue weighted by molar-refractivity contribution is 0.0954. The molecule has 2 aromatic rings. The number of rotatable bonds is 7. The molecule has 7 heteroatoms. The van der Waals surface area contributed by atoms with E-state index < -0.39 is 0 Å². The molecule has 0 bridgehead atoms. The molecule has 0 unspecified atom stereocenters. The predicted octanol–water partition coefficient (Wildman–Crippen LogP) is 2.17. The van der Waals surface area contributed by atoms with Gasteiger partial charge in [0.2, 0.25) is 0 Å². The largest absolute Gasteiger partial charge is 0.493 e. The maximum atomic E-state index is 12.0. The van der Waals surface area contributed by atoms with Crippen LogP contribution in [0.1, 0.15) is 15.9 Å². The average Bonchev–Trinajstić information content (AvgIpc) is 2.64. The SMILES string of the molecule is COc1ccc(NC(N)=NCCNC(=O)c2cccc(C)c2)cc1OC. The Balaban J connectivity index is 1.84. The molecule has 0 saturated carbocycles. The van der Waals surface area contributed by atoms with Crippen LogP contribution < -0.4 is 25.8 Å². The zero-order valence-corrected chi connectivity index (χ0v) is 15.2. The normalized spacial score (nSPS) is 11.0. The molecule has 7 nitrogen and oxygen atoms in total. The number of hydrogen-bond acceptors (Lipinski definition) is 4. The second-order valence-corrected chi connectivity index (χ2v) is 5.59. The summed E-state index contributed by atoms with van der Waals surface area (Å²) < 4.78 is 10.4. The Morgan fingerprint density at radius 2 is 1.88 bits per heavy atom. The highest BCUT2D eigenvalue weighted by Crippen LogP contribution is 2.29. The number of amides is 1. The van der Waals surface area contributed by atoms with E-state index in [0.29, 0.717) is 30.2 Å². The summed E-state index contributed by atoms with van der Waals surface area (Å²) in [6.07, 6.45) is 0. The molecule has 0 saturated heterocycles. The Labute approximate surface area is 153 Å². The maximum Gasteiger partial charge on any atom is 0.251 e. The Morgan fingerprint density at radius 3 is 2.58 bits per heavy atom. The van der Waals surface area contributed by atoms with Crippen LogP contribution in [0.2, 0.25) is 0 Å². The number of carbonyl (C=O) groups is 1. The minimum atomic E-state index is -0.129. The van der Waals surface area contributed by atoms with Crippen LogP contribution in [0.4, 0.5) is 5.69 Å². The second-order valence-electron chi connectivity index (χ2n) is 5.59. The minimum absolute atomic E-state index is 0.129. The topological polar surface area (TPSA) is 98.0 Å². The van der Waals surface area contributed by atoms with Crippen molar-refractivity contribution in [3.05, 3.63) is 53.6 Å². The molecule has 0 fully saturated rings. The molecule has 0 aliphatic carbocycles. The molecule has 0 atom stereocenters. The highest BCUT2D eigenvalue weighted by atomic mass is 16.5. The molecule has 1 amide bonds. The summed E-state index contributed by atoms with van der Waals surface area (Å²) in [5.74, 6) is 1.35. The zero-order valence-electron chi connectivity index (χ0n) is 15.2. The number of guanidine groups is 1. The Kier molecular flexibility index (Phi) is 6.84. The van der Waals surface area contributed by atoms with Gasteiger partial charge in [0.1, 0.15) is 0 Å². The number of hydrogen-bond donors (Lipinski definition) is 3. The highest BCUT2D eigenvalue weighted by Gasteiger charge is 2.06. The summed E-state index contributed by atoms with van der Waals surface area (Å²) in [6.45, 7) is 2.70. The van der Waals surface area contributed by atoms with Crippen LogP contribution in [0, 0.1) is 6.92 Å². The van der Waals surface area contributed by atoms with Crippen molar-refractivity contribution < 1.29 is 14.3 Å². The van der Waals surface area contributed by atoms with Gasteiger partial charge in [-0.2, -0.15) is 0 Å². The highest BCUT2D eigenvalue weighted by molar-refractivity contribution is 5.94. The van der Waals surface area contributed by atoms with Crippen molar-refractivity contribution in [2.45, 2.75) is 6.92 Å². The lowest BCUT2D eigenvalue weighted by atomic mass is 10.1. The molecule has 0 radical (unpaired) electrons. The van der Waals surface area contributed by atoms with Gasteiger partial charge >= 0.3 is 0 Å². The molecule has 4 N–H and O–H groups in total. The van der Waals surface area contributed by atoms with E-state index in [4.69, 9.17) is 15.2 Å². The van der Waals surface area contributed by atoms with Crippen LogP contribution in [-0.2, 0) is 0 Å². The molecular weight excluding hydrogens is 332 g/mol. The Bertz CT molecular complexity index is 790. The molecule has 0 aliphatic heterocycles. The van der Waals surface area contributed by atoms with E-state index in [0.717, 1.165) is 11.3 Å². The van der Waals surface area contributed by atoms with E-state index >= 15 is 0 Å². The fraction of sp³-hybridized carbons (Fsp3) is 0.263. The quantitative estimate of drug-likeness (QED) is 0.401. The van der Waals surface area contributed by atoms with E-state index in [9.17, 15) is 4.79 Å². The number of anilines is 1. The van der Waals surface area contributed by atoms with Crippen LogP contribution in [0.25, 0.3) is 0 Å². The smallest absolute Gasteiger partial charge is 0.251 e. The Morgan fingerprint density at radius 1 is 1.12 bits per heavy atom.